The first-order valence-electron chi connectivity index (χ1n) is 6.76. The molecule has 2 rings (SSSR count). The summed E-state index contributed by atoms with van der Waals surface area (Å²) in [6.07, 6.45) is 2.03. The van der Waals surface area contributed by atoms with Gasteiger partial charge >= 0.3 is 0 Å². The van der Waals surface area contributed by atoms with Gasteiger partial charge in [-0.3, -0.25) is 4.79 Å². The predicted octanol–water partition coefficient (Wildman–Crippen LogP) is 2.64. The Hall–Kier alpha value is -1.06. The summed E-state index contributed by atoms with van der Waals surface area (Å²) in [5.41, 5.74) is 1.68. The first kappa shape index (κ1) is 14.4. The molecular formula is C15H21ClN2O. The SMILES string of the molecule is CC1CC(NC(=O)c2cccc(CCl)c2)CCN1C. The average Bonchev–Trinajstić information content (AvgIpc) is 2.43. The second kappa shape index (κ2) is 6.40. The molecule has 1 aromatic carbocycles. The molecule has 4 heteroatoms. The van der Waals surface area contributed by atoms with Crippen molar-refractivity contribution in [3.63, 3.8) is 0 Å². The van der Waals surface area contributed by atoms with Crippen molar-refractivity contribution in [1.29, 1.82) is 0 Å². The Morgan fingerprint density at radius 3 is 3.00 bits per heavy atom. The lowest BCUT2D eigenvalue weighted by Crippen LogP contribution is -2.47. The molecule has 0 radical (unpaired) electrons. The van der Waals surface area contributed by atoms with E-state index in [-0.39, 0.29) is 11.9 Å². The van der Waals surface area contributed by atoms with Gasteiger partial charge in [-0.2, -0.15) is 0 Å². The molecule has 1 amide bonds. The largest absolute Gasteiger partial charge is 0.349 e. The summed E-state index contributed by atoms with van der Waals surface area (Å²) in [5.74, 6) is 0.445. The van der Waals surface area contributed by atoms with Gasteiger partial charge in [0.15, 0.2) is 0 Å². The van der Waals surface area contributed by atoms with Crippen molar-refractivity contribution in [3.05, 3.63) is 35.4 Å². The zero-order valence-electron chi connectivity index (χ0n) is 11.5. The van der Waals surface area contributed by atoms with Crippen LogP contribution >= 0.6 is 11.6 Å². The molecule has 1 saturated heterocycles. The number of carbonyl (C=O) groups excluding carboxylic acids is 1. The van der Waals surface area contributed by atoms with Crippen LogP contribution in [-0.4, -0.2) is 36.5 Å². The van der Waals surface area contributed by atoms with Gasteiger partial charge in [0.1, 0.15) is 0 Å². The summed E-state index contributed by atoms with van der Waals surface area (Å²) >= 11 is 5.79. The number of alkyl halides is 1. The molecule has 2 unspecified atom stereocenters. The maximum absolute atomic E-state index is 12.2. The van der Waals surface area contributed by atoms with E-state index in [1.54, 1.807) is 0 Å². The Kier molecular flexibility index (Phi) is 4.83. The molecule has 3 nitrogen and oxygen atoms in total. The maximum atomic E-state index is 12.2. The van der Waals surface area contributed by atoms with E-state index in [4.69, 9.17) is 11.6 Å². The van der Waals surface area contributed by atoms with Gasteiger partial charge in [0.2, 0.25) is 0 Å². The normalized spacial score (nSPS) is 24.2. The highest BCUT2D eigenvalue weighted by molar-refractivity contribution is 6.17. The monoisotopic (exact) mass is 280 g/mol. The summed E-state index contributed by atoms with van der Waals surface area (Å²) in [7, 11) is 2.13. The lowest BCUT2D eigenvalue weighted by molar-refractivity contribution is 0.0896. The Morgan fingerprint density at radius 1 is 1.53 bits per heavy atom. The smallest absolute Gasteiger partial charge is 0.251 e. The number of nitrogens with one attached hydrogen (secondary N) is 1. The molecule has 19 heavy (non-hydrogen) atoms. The number of benzene rings is 1. The van der Waals surface area contributed by atoms with E-state index in [0.717, 1.165) is 24.9 Å². The van der Waals surface area contributed by atoms with Gasteiger partial charge in [0.05, 0.1) is 0 Å². The third-order valence-electron chi connectivity index (χ3n) is 3.89. The first-order chi connectivity index (χ1) is 9.10. The standard InChI is InChI=1S/C15H21ClN2O/c1-11-8-14(6-7-18(11)2)17-15(19)13-5-3-4-12(9-13)10-16/h3-5,9,11,14H,6-8,10H2,1-2H3,(H,17,19). The quantitative estimate of drug-likeness (QED) is 0.864. The number of hydrogen-bond donors (Lipinski definition) is 1. The lowest BCUT2D eigenvalue weighted by Gasteiger charge is -2.35. The molecule has 1 fully saturated rings. The fourth-order valence-electron chi connectivity index (χ4n) is 2.48. The van der Waals surface area contributed by atoms with Crippen LogP contribution in [0, 0.1) is 0 Å². The predicted molar refractivity (Wildman–Crippen MR) is 78.6 cm³/mol. The number of rotatable bonds is 3. The summed E-state index contributed by atoms with van der Waals surface area (Å²) in [6.45, 7) is 3.24. The zero-order valence-corrected chi connectivity index (χ0v) is 12.3. The molecule has 0 spiro atoms. The van der Waals surface area contributed by atoms with Gasteiger partial charge in [0, 0.05) is 30.1 Å². The second-order valence-corrected chi connectivity index (χ2v) is 5.63. The van der Waals surface area contributed by atoms with Gasteiger partial charge in [-0.1, -0.05) is 12.1 Å². The van der Waals surface area contributed by atoms with Crippen LogP contribution in [0.2, 0.25) is 0 Å². The molecule has 2 atom stereocenters. The van der Waals surface area contributed by atoms with Gasteiger partial charge in [-0.05, 0) is 44.5 Å². The first-order valence-corrected chi connectivity index (χ1v) is 7.29. The summed E-state index contributed by atoms with van der Waals surface area (Å²) in [5, 5.41) is 3.13. The van der Waals surface area contributed by atoms with Crippen LogP contribution in [0.25, 0.3) is 0 Å². The number of amides is 1. The minimum Gasteiger partial charge on any atom is -0.349 e. The fourth-order valence-corrected chi connectivity index (χ4v) is 2.65. The number of hydrogen-bond acceptors (Lipinski definition) is 2. The topological polar surface area (TPSA) is 32.3 Å². The van der Waals surface area contributed by atoms with Crippen molar-refractivity contribution in [2.75, 3.05) is 13.6 Å². The molecule has 1 N–H and O–H groups in total. The van der Waals surface area contributed by atoms with E-state index in [2.05, 4.69) is 24.2 Å². The van der Waals surface area contributed by atoms with Crippen molar-refractivity contribution in [2.45, 2.75) is 37.7 Å². The molecular weight excluding hydrogens is 260 g/mol. The number of piperidine rings is 1. The van der Waals surface area contributed by atoms with Gasteiger partial charge in [-0.15, -0.1) is 11.6 Å². The van der Waals surface area contributed by atoms with Crippen LogP contribution in [0.15, 0.2) is 24.3 Å². The summed E-state index contributed by atoms with van der Waals surface area (Å²) in [4.78, 5) is 14.5. The van der Waals surface area contributed by atoms with E-state index in [1.165, 1.54) is 0 Å². The van der Waals surface area contributed by atoms with Crippen molar-refractivity contribution in [1.82, 2.24) is 10.2 Å². The maximum Gasteiger partial charge on any atom is 0.251 e. The average molecular weight is 281 g/mol. The van der Waals surface area contributed by atoms with E-state index in [1.807, 2.05) is 24.3 Å². The molecule has 0 aliphatic carbocycles. The molecule has 1 aliphatic rings. The van der Waals surface area contributed by atoms with Gasteiger partial charge in [-0.25, -0.2) is 0 Å². The highest BCUT2D eigenvalue weighted by Crippen LogP contribution is 2.16. The molecule has 0 saturated carbocycles. The van der Waals surface area contributed by atoms with Crippen molar-refractivity contribution in [3.8, 4) is 0 Å². The van der Waals surface area contributed by atoms with Crippen LogP contribution in [0.4, 0.5) is 0 Å². The summed E-state index contributed by atoms with van der Waals surface area (Å²) in [6, 6.07) is 8.31. The van der Waals surface area contributed by atoms with Gasteiger partial charge in [0.25, 0.3) is 5.91 Å². The molecule has 1 aromatic rings. The minimum atomic E-state index is 0.00807. The van der Waals surface area contributed by atoms with E-state index in [0.29, 0.717) is 17.5 Å². The van der Waals surface area contributed by atoms with E-state index >= 15 is 0 Å². The number of likely N-dealkylation sites (tertiary alicyclic amines) is 1. The van der Waals surface area contributed by atoms with Crippen molar-refractivity contribution < 1.29 is 4.79 Å². The second-order valence-electron chi connectivity index (χ2n) is 5.36. The van der Waals surface area contributed by atoms with Crippen LogP contribution in [0.1, 0.15) is 35.7 Å². The highest BCUT2D eigenvalue weighted by Gasteiger charge is 2.24. The number of carbonyl (C=O) groups is 1. The van der Waals surface area contributed by atoms with Crippen molar-refractivity contribution >= 4 is 17.5 Å². The Labute approximate surface area is 119 Å². The third-order valence-corrected chi connectivity index (χ3v) is 4.20. The third kappa shape index (κ3) is 3.71. The van der Waals surface area contributed by atoms with Crippen LogP contribution in [0.5, 0.6) is 0 Å². The molecule has 1 aliphatic heterocycles. The Bertz CT molecular complexity index is 450. The molecule has 0 bridgehead atoms. The fraction of sp³-hybridized carbons (Fsp3) is 0.533. The van der Waals surface area contributed by atoms with E-state index < -0.39 is 0 Å². The zero-order chi connectivity index (χ0) is 13.8. The molecule has 0 aromatic heterocycles. The summed E-state index contributed by atoms with van der Waals surface area (Å²) < 4.78 is 0. The Balaban J connectivity index is 1.97. The molecule has 104 valence electrons. The Morgan fingerprint density at radius 2 is 2.32 bits per heavy atom. The van der Waals surface area contributed by atoms with Gasteiger partial charge < -0.3 is 10.2 Å². The number of nitrogens with zero attached hydrogens (tertiary/aromatic N) is 1. The van der Waals surface area contributed by atoms with Crippen LogP contribution in [-0.2, 0) is 5.88 Å². The number of halogens is 1. The van der Waals surface area contributed by atoms with Crippen molar-refractivity contribution in [2.24, 2.45) is 0 Å². The highest BCUT2D eigenvalue weighted by atomic mass is 35.5. The minimum absolute atomic E-state index is 0.00807. The van der Waals surface area contributed by atoms with E-state index in [9.17, 15) is 4.79 Å². The van der Waals surface area contributed by atoms with Crippen LogP contribution < -0.4 is 5.32 Å². The lowest BCUT2D eigenvalue weighted by atomic mass is 9.98. The van der Waals surface area contributed by atoms with Crippen LogP contribution in [0.3, 0.4) is 0 Å². The molecule has 1 heterocycles.